The topological polar surface area (TPSA) is 38.0 Å². The highest BCUT2D eigenvalue weighted by atomic mass is 35.5. The highest BCUT2D eigenvalue weighted by Crippen LogP contribution is 2.29. The molecule has 3 N–H and O–H groups in total. The third kappa shape index (κ3) is 3.04. The number of nitrogens with two attached hydrogens (primary N) is 1. The molecule has 106 valence electrons. The van der Waals surface area contributed by atoms with Gasteiger partial charge in [-0.3, -0.25) is 5.84 Å². The van der Waals surface area contributed by atoms with E-state index < -0.39 is 0 Å². The fraction of sp³-hybridized carbons (Fsp3) is 0.0588. The van der Waals surface area contributed by atoms with Crippen molar-refractivity contribution in [3.63, 3.8) is 0 Å². The summed E-state index contributed by atoms with van der Waals surface area (Å²) >= 11 is 12.2. The molecular formula is C17H14Cl2N2. The third-order valence-electron chi connectivity index (χ3n) is 3.49. The molecule has 0 spiro atoms. The Morgan fingerprint density at radius 2 is 1.43 bits per heavy atom. The van der Waals surface area contributed by atoms with Gasteiger partial charge in [-0.15, -0.1) is 0 Å². The number of halogens is 2. The van der Waals surface area contributed by atoms with Crippen molar-refractivity contribution in [1.29, 1.82) is 0 Å². The van der Waals surface area contributed by atoms with Crippen LogP contribution in [0.25, 0.3) is 10.8 Å². The third-order valence-corrected chi connectivity index (χ3v) is 3.93. The quantitative estimate of drug-likeness (QED) is 0.543. The van der Waals surface area contributed by atoms with Gasteiger partial charge in [0.15, 0.2) is 0 Å². The molecule has 0 heterocycles. The van der Waals surface area contributed by atoms with E-state index in [0.29, 0.717) is 10.0 Å². The maximum absolute atomic E-state index is 6.08. The molecule has 1 atom stereocenters. The minimum Gasteiger partial charge on any atom is -0.271 e. The minimum atomic E-state index is -0.161. The van der Waals surface area contributed by atoms with Crippen molar-refractivity contribution >= 4 is 34.0 Å². The molecule has 1 unspecified atom stereocenters. The molecule has 2 nitrogen and oxygen atoms in total. The molecule has 0 aromatic heterocycles. The van der Waals surface area contributed by atoms with Gasteiger partial charge in [-0.2, -0.15) is 0 Å². The van der Waals surface area contributed by atoms with Crippen molar-refractivity contribution in [2.45, 2.75) is 6.04 Å². The largest absolute Gasteiger partial charge is 0.271 e. The normalized spacial score (nSPS) is 12.5. The fourth-order valence-corrected chi connectivity index (χ4v) is 3.06. The van der Waals surface area contributed by atoms with Gasteiger partial charge in [0.05, 0.1) is 6.04 Å². The molecule has 3 aromatic carbocycles. The molecule has 0 bridgehead atoms. The molecule has 3 aromatic rings. The second kappa shape index (κ2) is 6.04. The van der Waals surface area contributed by atoms with Crippen LogP contribution >= 0.6 is 23.2 Å². The summed E-state index contributed by atoms with van der Waals surface area (Å²) in [7, 11) is 0. The van der Waals surface area contributed by atoms with Gasteiger partial charge in [-0.1, -0.05) is 59.6 Å². The van der Waals surface area contributed by atoms with E-state index in [0.717, 1.165) is 11.1 Å². The van der Waals surface area contributed by atoms with Crippen LogP contribution in [-0.4, -0.2) is 0 Å². The van der Waals surface area contributed by atoms with Crippen molar-refractivity contribution in [2.24, 2.45) is 5.84 Å². The second-order valence-corrected chi connectivity index (χ2v) is 5.78. The Kier molecular flexibility index (Phi) is 4.13. The Balaban J connectivity index is 2.08. The van der Waals surface area contributed by atoms with Gasteiger partial charge in [0.1, 0.15) is 0 Å². The Morgan fingerprint density at radius 1 is 0.762 bits per heavy atom. The van der Waals surface area contributed by atoms with Crippen molar-refractivity contribution in [3.05, 3.63) is 81.8 Å². The van der Waals surface area contributed by atoms with E-state index in [9.17, 15) is 0 Å². The first kappa shape index (κ1) is 14.4. The van der Waals surface area contributed by atoms with Crippen molar-refractivity contribution in [1.82, 2.24) is 5.43 Å². The van der Waals surface area contributed by atoms with Crippen LogP contribution in [0.4, 0.5) is 0 Å². The average molecular weight is 317 g/mol. The number of hydrazine groups is 1. The van der Waals surface area contributed by atoms with Crippen LogP contribution in [0.5, 0.6) is 0 Å². The predicted octanol–water partition coefficient (Wildman–Crippen LogP) is 4.70. The fourth-order valence-electron chi connectivity index (χ4n) is 2.51. The number of fused-ring (bicyclic) bond motifs is 1. The molecule has 0 radical (unpaired) electrons. The van der Waals surface area contributed by atoms with Gasteiger partial charge in [0, 0.05) is 10.0 Å². The molecular weight excluding hydrogens is 303 g/mol. The Morgan fingerprint density at radius 3 is 2.10 bits per heavy atom. The lowest BCUT2D eigenvalue weighted by Crippen LogP contribution is -2.28. The van der Waals surface area contributed by atoms with Gasteiger partial charge >= 0.3 is 0 Å². The predicted molar refractivity (Wildman–Crippen MR) is 89.6 cm³/mol. The van der Waals surface area contributed by atoms with Crippen molar-refractivity contribution in [3.8, 4) is 0 Å². The molecule has 0 saturated heterocycles. The van der Waals surface area contributed by atoms with Crippen molar-refractivity contribution in [2.75, 3.05) is 0 Å². The van der Waals surface area contributed by atoms with Gasteiger partial charge in [-0.25, -0.2) is 5.43 Å². The standard InChI is InChI=1S/C17H14Cl2N2/c18-15-8-14(9-16(19)10-15)17(21-20)13-6-5-11-3-1-2-4-12(11)7-13/h1-10,17,21H,20H2. The summed E-state index contributed by atoms with van der Waals surface area (Å²) in [6.07, 6.45) is 0. The maximum Gasteiger partial charge on any atom is 0.0711 e. The molecule has 0 amide bonds. The smallest absolute Gasteiger partial charge is 0.0711 e. The zero-order chi connectivity index (χ0) is 14.8. The zero-order valence-electron chi connectivity index (χ0n) is 11.2. The van der Waals surface area contributed by atoms with Crippen molar-refractivity contribution < 1.29 is 0 Å². The lowest BCUT2D eigenvalue weighted by Gasteiger charge is -2.18. The number of hydrogen-bond donors (Lipinski definition) is 2. The average Bonchev–Trinajstić information content (AvgIpc) is 2.47. The summed E-state index contributed by atoms with van der Waals surface area (Å²) < 4.78 is 0. The van der Waals surface area contributed by atoms with Crippen LogP contribution < -0.4 is 11.3 Å². The van der Waals surface area contributed by atoms with Crippen LogP contribution in [0.1, 0.15) is 17.2 Å². The number of rotatable bonds is 3. The number of nitrogens with one attached hydrogen (secondary N) is 1. The summed E-state index contributed by atoms with van der Waals surface area (Å²) in [5.41, 5.74) is 4.84. The highest BCUT2D eigenvalue weighted by Gasteiger charge is 2.14. The second-order valence-electron chi connectivity index (χ2n) is 4.91. The van der Waals surface area contributed by atoms with E-state index in [4.69, 9.17) is 29.0 Å². The van der Waals surface area contributed by atoms with Gasteiger partial charge < -0.3 is 0 Å². The van der Waals surface area contributed by atoms with Gasteiger partial charge in [0.25, 0.3) is 0 Å². The highest BCUT2D eigenvalue weighted by molar-refractivity contribution is 6.34. The van der Waals surface area contributed by atoms with Crippen LogP contribution in [0.3, 0.4) is 0 Å². The van der Waals surface area contributed by atoms with E-state index in [2.05, 4.69) is 35.8 Å². The van der Waals surface area contributed by atoms with Gasteiger partial charge in [-0.05, 0) is 46.2 Å². The molecule has 4 heteroatoms. The maximum atomic E-state index is 6.08. The molecule has 21 heavy (non-hydrogen) atoms. The number of benzene rings is 3. The lowest BCUT2D eigenvalue weighted by molar-refractivity contribution is 0.637. The first-order valence-corrected chi connectivity index (χ1v) is 7.34. The van der Waals surface area contributed by atoms with Crippen LogP contribution in [0.2, 0.25) is 10.0 Å². The van der Waals surface area contributed by atoms with E-state index >= 15 is 0 Å². The lowest BCUT2D eigenvalue weighted by atomic mass is 9.97. The summed E-state index contributed by atoms with van der Waals surface area (Å²) in [6.45, 7) is 0. The molecule has 0 aliphatic carbocycles. The summed E-state index contributed by atoms with van der Waals surface area (Å²) in [5, 5.41) is 3.56. The van der Waals surface area contributed by atoms with E-state index in [1.165, 1.54) is 10.8 Å². The first-order chi connectivity index (χ1) is 10.2. The zero-order valence-corrected chi connectivity index (χ0v) is 12.7. The monoisotopic (exact) mass is 316 g/mol. The van der Waals surface area contributed by atoms with Gasteiger partial charge in [0.2, 0.25) is 0 Å². The summed E-state index contributed by atoms with van der Waals surface area (Å²) in [5.74, 6) is 5.74. The molecule has 0 aliphatic heterocycles. The Labute approximate surface area is 133 Å². The molecule has 0 fully saturated rings. The Bertz CT molecular complexity index is 766. The molecule has 3 rings (SSSR count). The molecule has 0 aliphatic rings. The van der Waals surface area contributed by atoms with Crippen LogP contribution in [-0.2, 0) is 0 Å². The minimum absolute atomic E-state index is 0.161. The first-order valence-electron chi connectivity index (χ1n) is 6.58. The SMILES string of the molecule is NNC(c1cc(Cl)cc(Cl)c1)c1ccc2ccccc2c1. The van der Waals surface area contributed by atoms with E-state index in [1.807, 2.05) is 24.3 Å². The van der Waals surface area contributed by atoms with E-state index in [-0.39, 0.29) is 6.04 Å². The summed E-state index contributed by atoms with van der Waals surface area (Å²) in [4.78, 5) is 0. The number of hydrogen-bond acceptors (Lipinski definition) is 2. The van der Waals surface area contributed by atoms with Crippen LogP contribution in [0, 0.1) is 0 Å². The van der Waals surface area contributed by atoms with E-state index in [1.54, 1.807) is 6.07 Å². The summed E-state index contributed by atoms with van der Waals surface area (Å²) in [6, 6.07) is 19.8. The molecule has 0 saturated carbocycles. The Hall–Kier alpha value is -1.58. The van der Waals surface area contributed by atoms with Crippen LogP contribution in [0.15, 0.2) is 60.7 Å².